The van der Waals surface area contributed by atoms with E-state index in [0.717, 1.165) is 4.90 Å². The molecule has 28 heavy (non-hydrogen) atoms. The molecule has 3 aliphatic rings. The largest absolute Gasteiger partial charge is 0.351 e. The van der Waals surface area contributed by atoms with Crippen molar-refractivity contribution in [3.63, 3.8) is 0 Å². The van der Waals surface area contributed by atoms with E-state index in [1.807, 2.05) is 0 Å². The van der Waals surface area contributed by atoms with Crippen LogP contribution in [0.15, 0.2) is 48.3 Å². The molecule has 2 N–H and O–H groups in total. The van der Waals surface area contributed by atoms with Crippen LogP contribution in [-0.2, 0) is 4.79 Å². The van der Waals surface area contributed by atoms with Gasteiger partial charge in [0.05, 0.1) is 22.0 Å². The summed E-state index contributed by atoms with van der Waals surface area (Å²) in [5.41, 5.74) is 6.08. The highest BCUT2D eigenvalue weighted by Gasteiger charge is 2.60. The lowest BCUT2D eigenvalue weighted by Gasteiger charge is -2.28. The molecule has 2 bridgehead atoms. The first-order valence-corrected chi connectivity index (χ1v) is 8.52. The van der Waals surface area contributed by atoms with Gasteiger partial charge in [0.1, 0.15) is 6.04 Å². The van der Waals surface area contributed by atoms with Crippen molar-refractivity contribution < 1.29 is 19.3 Å². The van der Waals surface area contributed by atoms with Crippen molar-refractivity contribution in [1.29, 1.82) is 0 Å². The van der Waals surface area contributed by atoms with Gasteiger partial charge in [-0.05, 0) is 12.1 Å². The van der Waals surface area contributed by atoms with Crippen molar-refractivity contribution >= 4 is 40.1 Å². The number of hydrogen-bond donors (Lipinski definition) is 1. The van der Waals surface area contributed by atoms with E-state index in [2.05, 4.69) is 0 Å². The lowest BCUT2D eigenvalue weighted by Crippen LogP contribution is -2.50. The summed E-state index contributed by atoms with van der Waals surface area (Å²) in [6.07, 6.45) is 1.88. The Morgan fingerprint density at radius 2 is 1.86 bits per heavy atom. The van der Waals surface area contributed by atoms with E-state index in [1.54, 1.807) is 24.3 Å². The minimum absolute atomic E-state index is 0.110. The normalized spacial score (nSPS) is 22.9. The fourth-order valence-corrected chi connectivity index (χ4v) is 4.32. The number of nitrogens with zero attached hydrogens (tertiary/aromatic N) is 4. The highest BCUT2D eigenvalue weighted by molar-refractivity contribution is 6.26. The predicted octanol–water partition coefficient (Wildman–Crippen LogP) is 1.89. The second kappa shape index (κ2) is 5.28. The summed E-state index contributed by atoms with van der Waals surface area (Å²) in [5.74, 6) is -0.483. The SMILES string of the molecule is NC(=O)N1C=C2CC1C1C(=O)N(c3ccc([N+](=O)[O-])c4ccccc34)C(=O)N21. The van der Waals surface area contributed by atoms with Gasteiger partial charge in [-0.3, -0.25) is 24.7 Å². The fourth-order valence-electron chi connectivity index (χ4n) is 4.32. The minimum atomic E-state index is -0.839. The Hall–Kier alpha value is -3.95. The smallest absolute Gasteiger partial charge is 0.336 e. The molecule has 2 saturated heterocycles. The van der Waals surface area contributed by atoms with Gasteiger partial charge in [-0.25, -0.2) is 14.5 Å². The quantitative estimate of drug-likeness (QED) is 0.484. The summed E-state index contributed by atoms with van der Waals surface area (Å²) in [6.45, 7) is 0. The van der Waals surface area contributed by atoms with E-state index >= 15 is 0 Å². The number of rotatable bonds is 2. The molecule has 10 nitrogen and oxygen atoms in total. The van der Waals surface area contributed by atoms with Gasteiger partial charge >= 0.3 is 12.1 Å². The number of imide groups is 1. The third-order valence-corrected chi connectivity index (χ3v) is 5.46. The number of nitrogens with two attached hydrogens (primary N) is 1. The Morgan fingerprint density at radius 1 is 1.14 bits per heavy atom. The van der Waals surface area contributed by atoms with Crippen LogP contribution in [0.3, 0.4) is 0 Å². The summed E-state index contributed by atoms with van der Waals surface area (Å²) < 4.78 is 0. The lowest BCUT2D eigenvalue weighted by molar-refractivity contribution is -0.383. The molecule has 2 unspecified atom stereocenters. The van der Waals surface area contributed by atoms with Crippen molar-refractivity contribution in [1.82, 2.24) is 9.80 Å². The molecule has 0 saturated carbocycles. The molecule has 2 atom stereocenters. The standard InChI is InChI=1S/C18H13N5O5/c19-17(25)20-8-9-7-14(20)15-16(24)22(18(26)21(9)15)12-5-6-13(23(27)28)11-4-2-1-3-10(11)12/h1-6,8,14-15H,7H2,(H2,19,25). The van der Waals surface area contributed by atoms with Crippen LogP contribution >= 0.6 is 0 Å². The molecule has 0 spiro atoms. The fraction of sp³-hybridized carbons (Fsp3) is 0.167. The van der Waals surface area contributed by atoms with Gasteiger partial charge in [-0.2, -0.15) is 0 Å². The topological polar surface area (TPSA) is 130 Å². The Morgan fingerprint density at radius 3 is 2.54 bits per heavy atom. The molecule has 5 amide bonds. The van der Waals surface area contributed by atoms with Crippen LogP contribution in [0.25, 0.3) is 10.8 Å². The predicted molar refractivity (Wildman–Crippen MR) is 97.0 cm³/mol. The zero-order chi connectivity index (χ0) is 19.7. The first-order chi connectivity index (χ1) is 13.4. The van der Waals surface area contributed by atoms with E-state index in [4.69, 9.17) is 5.73 Å². The van der Waals surface area contributed by atoms with Crippen LogP contribution in [0.5, 0.6) is 0 Å². The van der Waals surface area contributed by atoms with Crippen LogP contribution in [0, 0.1) is 10.1 Å². The molecule has 2 aromatic carbocycles. The number of urea groups is 2. The molecular formula is C18H13N5O5. The van der Waals surface area contributed by atoms with E-state index in [9.17, 15) is 24.5 Å². The van der Waals surface area contributed by atoms with Gasteiger partial charge in [0.2, 0.25) is 0 Å². The number of carbonyl (C=O) groups excluding carboxylic acids is 3. The lowest BCUT2D eigenvalue weighted by atomic mass is 10.0. The molecule has 2 fully saturated rings. The van der Waals surface area contributed by atoms with Crippen molar-refractivity contribution in [2.45, 2.75) is 18.5 Å². The van der Waals surface area contributed by atoms with Gasteiger partial charge in [-0.1, -0.05) is 18.2 Å². The molecule has 5 rings (SSSR count). The van der Waals surface area contributed by atoms with E-state index in [-0.39, 0.29) is 11.4 Å². The number of nitro groups is 1. The number of benzene rings is 2. The van der Waals surface area contributed by atoms with Crippen LogP contribution in [0.1, 0.15) is 6.42 Å². The molecule has 140 valence electrons. The molecule has 0 aromatic heterocycles. The molecule has 3 heterocycles. The van der Waals surface area contributed by atoms with Crippen LogP contribution in [-0.4, -0.2) is 44.8 Å². The highest BCUT2D eigenvalue weighted by Crippen LogP contribution is 2.45. The summed E-state index contributed by atoms with van der Waals surface area (Å²) in [6, 6.07) is 6.64. The monoisotopic (exact) mass is 379 g/mol. The number of non-ortho nitro benzene ring substituents is 1. The van der Waals surface area contributed by atoms with Crippen molar-refractivity contribution in [2.24, 2.45) is 5.73 Å². The van der Waals surface area contributed by atoms with Crippen LogP contribution in [0.2, 0.25) is 0 Å². The average Bonchev–Trinajstić information content (AvgIpc) is 3.33. The Bertz CT molecular complexity index is 1140. The van der Waals surface area contributed by atoms with Crippen LogP contribution in [0.4, 0.5) is 21.0 Å². The maximum atomic E-state index is 13.1. The Labute approximate surface area is 157 Å². The van der Waals surface area contributed by atoms with Gasteiger partial charge in [0, 0.05) is 29.8 Å². The maximum Gasteiger partial charge on any atom is 0.336 e. The Balaban J connectivity index is 1.64. The summed E-state index contributed by atoms with van der Waals surface area (Å²) in [5, 5.41) is 12.1. The zero-order valence-electron chi connectivity index (χ0n) is 14.3. The number of amides is 5. The maximum absolute atomic E-state index is 13.1. The summed E-state index contributed by atoms with van der Waals surface area (Å²) in [7, 11) is 0. The van der Waals surface area contributed by atoms with E-state index < -0.39 is 35.0 Å². The molecule has 0 aliphatic carbocycles. The second-order valence-corrected chi connectivity index (χ2v) is 6.81. The van der Waals surface area contributed by atoms with Crippen molar-refractivity contribution in [3.8, 4) is 0 Å². The number of fused-ring (bicyclic) bond motifs is 6. The Kier molecular flexibility index (Phi) is 3.07. The van der Waals surface area contributed by atoms with Gasteiger partial charge in [0.15, 0.2) is 0 Å². The number of primary amides is 1. The summed E-state index contributed by atoms with van der Waals surface area (Å²) in [4.78, 5) is 52.3. The van der Waals surface area contributed by atoms with Gasteiger partial charge in [0.25, 0.3) is 11.6 Å². The first kappa shape index (κ1) is 16.2. The highest BCUT2D eigenvalue weighted by atomic mass is 16.6. The summed E-state index contributed by atoms with van der Waals surface area (Å²) >= 11 is 0. The number of nitro benzene ring substituents is 1. The van der Waals surface area contributed by atoms with Crippen molar-refractivity contribution in [2.75, 3.05) is 4.90 Å². The first-order valence-electron chi connectivity index (χ1n) is 8.52. The van der Waals surface area contributed by atoms with Gasteiger partial charge < -0.3 is 5.73 Å². The second-order valence-electron chi connectivity index (χ2n) is 6.81. The number of carbonyl (C=O) groups is 3. The van der Waals surface area contributed by atoms with Gasteiger partial charge in [-0.15, -0.1) is 0 Å². The number of hydrogen-bond acceptors (Lipinski definition) is 5. The van der Waals surface area contributed by atoms with E-state index in [1.165, 1.54) is 28.1 Å². The third kappa shape index (κ3) is 1.88. The molecule has 0 radical (unpaired) electrons. The van der Waals surface area contributed by atoms with Crippen LogP contribution < -0.4 is 10.6 Å². The zero-order valence-corrected chi connectivity index (χ0v) is 14.3. The van der Waals surface area contributed by atoms with E-state index in [0.29, 0.717) is 22.9 Å². The number of anilines is 1. The third-order valence-electron chi connectivity index (χ3n) is 5.46. The molecule has 10 heteroatoms. The van der Waals surface area contributed by atoms with Crippen molar-refractivity contribution in [3.05, 3.63) is 58.4 Å². The average molecular weight is 379 g/mol. The minimum Gasteiger partial charge on any atom is -0.351 e. The molecule has 2 aromatic rings. The molecular weight excluding hydrogens is 366 g/mol. The molecule has 3 aliphatic heterocycles.